The molecule has 6 nitrogen and oxygen atoms in total. The van der Waals surface area contributed by atoms with Gasteiger partial charge in [-0.2, -0.15) is 0 Å². The SMILES string of the molecule is CN(C(=O)Nc1ccc2c(c1)NC(c1cscn1)N2)c1cccc2ccccc12. The molecule has 3 N–H and O–H groups in total. The summed E-state index contributed by atoms with van der Waals surface area (Å²) in [6.45, 7) is 0. The van der Waals surface area contributed by atoms with Crippen molar-refractivity contribution in [2.45, 2.75) is 6.17 Å². The number of aromatic nitrogens is 1. The molecule has 3 aromatic carbocycles. The van der Waals surface area contributed by atoms with Crippen molar-refractivity contribution in [1.82, 2.24) is 4.98 Å². The topological polar surface area (TPSA) is 69.3 Å². The van der Waals surface area contributed by atoms with Crippen LogP contribution in [0.1, 0.15) is 11.9 Å². The molecule has 0 spiro atoms. The quantitative estimate of drug-likeness (QED) is 0.424. The number of carbonyl (C=O) groups is 1. The zero-order valence-corrected chi connectivity index (χ0v) is 16.5. The molecule has 0 saturated heterocycles. The lowest BCUT2D eigenvalue weighted by molar-refractivity contribution is 0.258. The molecule has 1 aliphatic heterocycles. The molecule has 7 heteroatoms. The van der Waals surface area contributed by atoms with E-state index in [4.69, 9.17) is 0 Å². The number of hydrogen-bond donors (Lipinski definition) is 3. The number of nitrogens with one attached hydrogen (secondary N) is 3. The third-order valence-electron chi connectivity index (χ3n) is 5.05. The van der Waals surface area contributed by atoms with Gasteiger partial charge < -0.3 is 16.0 Å². The summed E-state index contributed by atoms with van der Waals surface area (Å²) >= 11 is 1.56. The molecular formula is C22H19N5OS. The molecule has 1 atom stereocenters. The lowest BCUT2D eigenvalue weighted by Crippen LogP contribution is -2.31. The number of benzene rings is 3. The van der Waals surface area contributed by atoms with Gasteiger partial charge in [0.25, 0.3) is 0 Å². The van der Waals surface area contributed by atoms with Gasteiger partial charge in [0.2, 0.25) is 0 Å². The van der Waals surface area contributed by atoms with Crippen LogP contribution in [0.2, 0.25) is 0 Å². The van der Waals surface area contributed by atoms with Crippen molar-refractivity contribution in [3.63, 3.8) is 0 Å². The Labute approximate surface area is 172 Å². The highest BCUT2D eigenvalue weighted by Gasteiger charge is 2.23. The summed E-state index contributed by atoms with van der Waals surface area (Å²) in [5.74, 6) is 0. The molecule has 0 aliphatic carbocycles. The van der Waals surface area contributed by atoms with Gasteiger partial charge in [0.05, 0.1) is 28.3 Å². The fraction of sp³-hybridized carbons (Fsp3) is 0.0909. The van der Waals surface area contributed by atoms with Crippen molar-refractivity contribution < 1.29 is 4.79 Å². The molecule has 2 amide bonds. The second kappa shape index (κ2) is 7.10. The molecule has 1 unspecified atom stereocenters. The highest BCUT2D eigenvalue weighted by atomic mass is 32.1. The summed E-state index contributed by atoms with van der Waals surface area (Å²) < 4.78 is 0. The Bertz CT molecular complexity index is 1190. The van der Waals surface area contributed by atoms with E-state index in [2.05, 4.69) is 20.9 Å². The fourth-order valence-corrected chi connectivity index (χ4v) is 4.12. The minimum atomic E-state index is -0.191. The zero-order valence-electron chi connectivity index (χ0n) is 15.7. The number of anilines is 4. The van der Waals surface area contributed by atoms with Crippen molar-refractivity contribution in [2.24, 2.45) is 0 Å². The number of fused-ring (bicyclic) bond motifs is 2. The maximum absolute atomic E-state index is 12.9. The Balaban J connectivity index is 1.35. The monoisotopic (exact) mass is 401 g/mol. The Kier molecular flexibility index (Phi) is 4.29. The maximum atomic E-state index is 12.9. The van der Waals surface area contributed by atoms with Crippen LogP contribution in [0.25, 0.3) is 10.8 Å². The summed E-state index contributed by atoms with van der Waals surface area (Å²) in [4.78, 5) is 18.9. The lowest BCUT2D eigenvalue weighted by atomic mass is 10.1. The van der Waals surface area contributed by atoms with Gasteiger partial charge in [0, 0.05) is 23.5 Å². The minimum Gasteiger partial charge on any atom is -0.359 e. The van der Waals surface area contributed by atoms with Gasteiger partial charge in [-0.05, 0) is 29.7 Å². The first-order valence-electron chi connectivity index (χ1n) is 9.27. The highest BCUT2D eigenvalue weighted by Crippen LogP contribution is 2.37. The van der Waals surface area contributed by atoms with E-state index in [0.717, 1.165) is 39.2 Å². The third-order valence-corrected chi connectivity index (χ3v) is 5.66. The Hall–Kier alpha value is -3.58. The maximum Gasteiger partial charge on any atom is 0.326 e. The van der Waals surface area contributed by atoms with Crippen LogP contribution in [0.4, 0.5) is 27.5 Å². The van der Waals surface area contributed by atoms with Crippen molar-refractivity contribution in [2.75, 3.05) is 27.9 Å². The van der Waals surface area contributed by atoms with Gasteiger partial charge in [0.1, 0.15) is 6.17 Å². The van der Waals surface area contributed by atoms with Gasteiger partial charge in [-0.1, -0.05) is 36.4 Å². The lowest BCUT2D eigenvalue weighted by Gasteiger charge is -2.20. The van der Waals surface area contributed by atoms with E-state index in [1.807, 2.05) is 71.6 Å². The first-order chi connectivity index (χ1) is 14.2. The average Bonchev–Trinajstić information content (AvgIpc) is 3.42. The normalized spacial score (nSPS) is 14.7. The van der Waals surface area contributed by atoms with Crippen LogP contribution in [-0.4, -0.2) is 18.1 Å². The summed E-state index contributed by atoms with van der Waals surface area (Å²) in [6.07, 6.45) is -0.0550. The minimum absolute atomic E-state index is 0.0550. The van der Waals surface area contributed by atoms with E-state index in [0.29, 0.717) is 0 Å². The van der Waals surface area contributed by atoms with Crippen molar-refractivity contribution in [3.8, 4) is 0 Å². The number of nitrogens with zero attached hydrogens (tertiary/aromatic N) is 2. The first kappa shape index (κ1) is 17.5. The first-order valence-corrected chi connectivity index (χ1v) is 10.2. The average molecular weight is 401 g/mol. The summed E-state index contributed by atoms with van der Waals surface area (Å²) in [7, 11) is 1.78. The molecule has 1 aromatic heterocycles. The number of amides is 2. The van der Waals surface area contributed by atoms with E-state index in [1.165, 1.54) is 0 Å². The molecule has 0 saturated carbocycles. The highest BCUT2D eigenvalue weighted by molar-refractivity contribution is 7.07. The van der Waals surface area contributed by atoms with Crippen LogP contribution in [0.3, 0.4) is 0 Å². The van der Waals surface area contributed by atoms with Crippen LogP contribution in [-0.2, 0) is 0 Å². The molecule has 4 aromatic rings. The van der Waals surface area contributed by atoms with Crippen molar-refractivity contribution in [1.29, 1.82) is 0 Å². The Morgan fingerprint density at radius 1 is 1.07 bits per heavy atom. The molecule has 2 heterocycles. The number of urea groups is 1. The second-order valence-electron chi connectivity index (χ2n) is 6.88. The summed E-state index contributed by atoms with van der Waals surface area (Å²) in [5.41, 5.74) is 6.29. The number of rotatable bonds is 3. The van der Waals surface area contributed by atoms with Gasteiger partial charge in [-0.3, -0.25) is 4.90 Å². The van der Waals surface area contributed by atoms with Crippen molar-refractivity contribution in [3.05, 3.63) is 77.2 Å². The predicted molar refractivity (Wildman–Crippen MR) is 120 cm³/mol. The molecule has 0 radical (unpaired) electrons. The van der Waals surface area contributed by atoms with E-state index < -0.39 is 0 Å². The van der Waals surface area contributed by atoms with Crippen LogP contribution >= 0.6 is 11.3 Å². The van der Waals surface area contributed by atoms with Crippen molar-refractivity contribution >= 4 is 50.9 Å². The van der Waals surface area contributed by atoms with Gasteiger partial charge in [0.15, 0.2) is 0 Å². The second-order valence-corrected chi connectivity index (χ2v) is 7.60. The van der Waals surface area contributed by atoms with E-state index in [-0.39, 0.29) is 12.2 Å². The number of thiazole rings is 1. The largest absolute Gasteiger partial charge is 0.359 e. The molecular weight excluding hydrogens is 382 g/mol. The third kappa shape index (κ3) is 3.25. The zero-order chi connectivity index (χ0) is 19.8. The predicted octanol–water partition coefficient (Wildman–Crippen LogP) is 5.50. The molecule has 0 bridgehead atoms. The molecule has 144 valence electrons. The number of hydrogen-bond acceptors (Lipinski definition) is 5. The molecule has 29 heavy (non-hydrogen) atoms. The van der Waals surface area contributed by atoms with Gasteiger partial charge in [-0.15, -0.1) is 11.3 Å². The summed E-state index contributed by atoms with van der Waals surface area (Å²) in [5, 5.41) is 13.9. The van der Waals surface area contributed by atoms with E-state index >= 15 is 0 Å². The molecule has 1 aliphatic rings. The summed E-state index contributed by atoms with van der Waals surface area (Å²) in [6, 6.07) is 19.6. The van der Waals surface area contributed by atoms with Crippen LogP contribution in [0.15, 0.2) is 71.6 Å². The van der Waals surface area contributed by atoms with E-state index in [9.17, 15) is 4.79 Å². The van der Waals surface area contributed by atoms with Gasteiger partial charge >= 0.3 is 6.03 Å². The van der Waals surface area contributed by atoms with Crippen LogP contribution < -0.4 is 20.9 Å². The van der Waals surface area contributed by atoms with E-state index in [1.54, 1.807) is 23.3 Å². The standard InChI is InChI=1S/C22H19N5OS/c1-27(20-8-4-6-14-5-2-3-7-16(14)20)22(28)24-15-9-10-17-18(11-15)26-21(25-17)19-12-29-13-23-19/h2-13,21,25-26H,1H3,(H,24,28). The molecule has 0 fully saturated rings. The van der Waals surface area contributed by atoms with Crippen LogP contribution in [0, 0.1) is 0 Å². The smallest absolute Gasteiger partial charge is 0.326 e. The van der Waals surface area contributed by atoms with Gasteiger partial charge in [-0.25, -0.2) is 9.78 Å². The fourth-order valence-electron chi connectivity index (χ4n) is 3.54. The Morgan fingerprint density at radius 3 is 2.76 bits per heavy atom. The molecule has 5 rings (SSSR count). The number of carbonyl (C=O) groups excluding carboxylic acids is 1. The van der Waals surface area contributed by atoms with Crippen LogP contribution in [0.5, 0.6) is 0 Å². The Morgan fingerprint density at radius 2 is 1.90 bits per heavy atom.